The second-order valence-corrected chi connectivity index (χ2v) is 8.24. The van der Waals surface area contributed by atoms with Crippen molar-refractivity contribution in [1.29, 1.82) is 0 Å². The predicted octanol–water partition coefficient (Wildman–Crippen LogP) is 4.62. The SMILES string of the molecule is O=c1c2nnc3c(-c4ccc(F)cc4)cnn3c2ccn1CCc1c[nH]c2ccc(Cl)cc12. The van der Waals surface area contributed by atoms with E-state index in [9.17, 15) is 9.18 Å². The number of aromatic nitrogens is 6. The van der Waals surface area contributed by atoms with Gasteiger partial charge in [-0.25, -0.2) is 8.91 Å². The predicted molar refractivity (Wildman–Crippen MR) is 125 cm³/mol. The molecule has 0 aliphatic rings. The first-order valence-corrected chi connectivity index (χ1v) is 10.7. The van der Waals surface area contributed by atoms with E-state index in [1.54, 1.807) is 33.6 Å². The minimum Gasteiger partial charge on any atom is -0.361 e. The molecular weight excluding hydrogens is 443 g/mol. The third-order valence-corrected chi connectivity index (χ3v) is 6.08. The smallest absolute Gasteiger partial charge is 0.280 e. The van der Waals surface area contributed by atoms with E-state index in [4.69, 9.17) is 11.6 Å². The molecule has 2 aromatic carbocycles. The van der Waals surface area contributed by atoms with Gasteiger partial charge in [0.05, 0.1) is 6.20 Å². The summed E-state index contributed by atoms with van der Waals surface area (Å²) in [5.41, 5.74) is 4.63. The third kappa shape index (κ3) is 3.27. The number of benzene rings is 2. The van der Waals surface area contributed by atoms with Crippen molar-refractivity contribution in [1.82, 2.24) is 29.4 Å². The van der Waals surface area contributed by atoms with Crippen molar-refractivity contribution in [2.75, 3.05) is 0 Å². The number of rotatable bonds is 4. The van der Waals surface area contributed by atoms with Gasteiger partial charge in [-0.2, -0.15) is 5.10 Å². The van der Waals surface area contributed by atoms with Crippen LogP contribution in [0.2, 0.25) is 5.02 Å². The van der Waals surface area contributed by atoms with Crippen molar-refractivity contribution in [3.8, 4) is 11.1 Å². The van der Waals surface area contributed by atoms with Gasteiger partial charge in [-0.1, -0.05) is 23.7 Å². The van der Waals surface area contributed by atoms with Crippen LogP contribution in [0.15, 0.2) is 71.9 Å². The van der Waals surface area contributed by atoms with Crippen molar-refractivity contribution in [2.45, 2.75) is 13.0 Å². The van der Waals surface area contributed by atoms with E-state index < -0.39 is 0 Å². The zero-order valence-corrected chi connectivity index (χ0v) is 17.9. The Kier molecular flexibility index (Phi) is 4.48. The highest BCUT2D eigenvalue weighted by molar-refractivity contribution is 6.31. The van der Waals surface area contributed by atoms with Gasteiger partial charge < -0.3 is 9.55 Å². The summed E-state index contributed by atoms with van der Waals surface area (Å²) in [5.74, 6) is -0.317. The molecule has 0 aliphatic heterocycles. The maximum atomic E-state index is 13.3. The highest BCUT2D eigenvalue weighted by Crippen LogP contribution is 2.25. The van der Waals surface area contributed by atoms with Crippen LogP contribution in [-0.2, 0) is 13.0 Å². The number of aryl methyl sites for hydroxylation is 2. The van der Waals surface area contributed by atoms with Crippen molar-refractivity contribution in [3.05, 3.63) is 93.9 Å². The Morgan fingerprint density at radius 1 is 1.06 bits per heavy atom. The summed E-state index contributed by atoms with van der Waals surface area (Å²) in [5, 5.41) is 14.6. The third-order valence-electron chi connectivity index (χ3n) is 5.84. The van der Waals surface area contributed by atoms with Gasteiger partial charge in [0.1, 0.15) is 11.3 Å². The molecule has 33 heavy (non-hydrogen) atoms. The monoisotopic (exact) mass is 458 g/mol. The largest absolute Gasteiger partial charge is 0.361 e. The Hall–Kier alpha value is -4.04. The van der Waals surface area contributed by atoms with Crippen molar-refractivity contribution in [2.24, 2.45) is 0 Å². The maximum absolute atomic E-state index is 13.3. The lowest BCUT2D eigenvalue weighted by Gasteiger charge is -2.07. The highest BCUT2D eigenvalue weighted by atomic mass is 35.5. The Morgan fingerprint density at radius 2 is 1.91 bits per heavy atom. The average molecular weight is 459 g/mol. The summed E-state index contributed by atoms with van der Waals surface area (Å²) in [6, 6.07) is 13.6. The number of aromatic amines is 1. The molecule has 0 aliphatic carbocycles. The number of H-pyrrole nitrogens is 1. The molecule has 6 rings (SSSR count). The Morgan fingerprint density at radius 3 is 2.76 bits per heavy atom. The molecule has 1 N–H and O–H groups in total. The van der Waals surface area contributed by atoms with Gasteiger partial charge in [-0.3, -0.25) is 4.79 Å². The second-order valence-electron chi connectivity index (χ2n) is 7.80. The zero-order chi connectivity index (χ0) is 22.5. The van der Waals surface area contributed by atoms with Gasteiger partial charge in [-0.15, -0.1) is 10.2 Å². The molecule has 9 heteroatoms. The Balaban J connectivity index is 1.37. The average Bonchev–Trinajstić information content (AvgIpc) is 3.43. The minimum absolute atomic E-state index is 0.237. The molecule has 0 saturated heterocycles. The lowest BCUT2D eigenvalue weighted by atomic mass is 10.1. The van der Waals surface area contributed by atoms with Gasteiger partial charge in [0.2, 0.25) is 0 Å². The Labute approximate surface area is 191 Å². The van der Waals surface area contributed by atoms with Crippen LogP contribution >= 0.6 is 11.6 Å². The van der Waals surface area contributed by atoms with E-state index in [1.807, 2.05) is 30.5 Å². The standard InChI is InChI=1S/C24H16ClFN6O/c25-16-3-6-20-18(11-16)15(12-27-20)7-9-31-10-8-21-22(24(31)33)29-30-23-19(13-28-32(21)23)14-1-4-17(26)5-2-14/h1-6,8,10-13,27H,7,9H2. The first-order chi connectivity index (χ1) is 16.1. The van der Waals surface area contributed by atoms with Crippen LogP contribution in [0, 0.1) is 5.82 Å². The lowest BCUT2D eigenvalue weighted by molar-refractivity contribution is 0.628. The first-order valence-electron chi connectivity index (χ1n) is 10.3. The van der Waals surface area contributed by atoms with Crippen LogP contribution in [0.3, 0.4) is 0 Å². The number of hydrogen-bond acceptors (Lipinski definition) is 4. The molecule has 0 unspecified atom stereocenters. The van der Waals surface area contributed by atoms with Crippen LogP contribution in [-0.4, -0.2) is 29.4 Å². The van der Waals surface area contributed by atoms with Crippen LogP contribution in [0.5, 0.6) is 0 Å². The fraction of sp³-hybridized carbons (Fsp3) is 0.0833. The number of halogens is 2. The van der Waals surface area contributed by atoms with Gasteiger partial charge in [0.25, 0.3) is 5.56 Å². The second kappa shape index (κ2) is 7.53. The maximum Gasteiger partial charge on any atom is 0.280 e. The molecule has 0 atom stereocenters. The number of nitrogens with one attached hydrogen (secondary N) is 1. The molecule has 0 radical (unpaired) electrons. The van der Waals surface area contributed by atoms with E-state index in [0.29, 0.717) is 34.7 Å². The summed E-state index contributed by atoms with van der Waals surface area (Å²) in [6.45, 7) is 0.480. The molecule has 0 saturated carbocycles. The van der Waals surface area contributed by atoms with E-state index in [1.165, 1.54) is 12.1 Å². The molecule has 7 nitrogen and oxygen atoms in total. The van der Waals surface area contributed by atoms with E-state index in [2.05, 4.69) is 20.3 Å². The number of nitrogens with zero attached hydrogens (tertiary/aromatic N) is 5. The molecule has 6 aromatic rings. The number of pyridine rings is 1. The topological polar surface area (TPSA) is 80.9 Å². The summed E-state index contributed by atoms with van der Waals surface area (Å²) < 4.78 is 16.5. The number of hydrogen-bond donors (Lipinski definition) is 1. The fourth-order valence-corrected chi connectivity index (χ4v) is 4.31. The molecule has 4 heterocycles. The summed E-state index contributed by atoms with van der Waals surface area (Å²) in [7, 11) is 0. The van der Waals surface area contributed by atoms with Gasteiger partial charge >= 0.3 is 0 Å². The fourth-order valence-electron chi connectivity index (χ4n) is 4.14. The van der Waals surface area contributed by atoms with Gasteiger partial charge in [0, 0.05) is 40.4 Å². The molecule has 4 aromatic heterocycles. The molecule has 0 spiro atoms. The van der Waals surface area contributed by atoms with Crippen LogP contribution in [0.1, 0.15) is 5.56 Å². The van der Waals surface area contributed by atoms with Crippen molar-refractivity contribution in [3.63, 3.8) is 0 Å². The van der Waals surface area contributed by atoms with E-state index >= 15 is 0 Å². The Bertz CT molecular complexity index is 1720. The zero-order valence-electron chi connectivity index (χ0n) is 17.2. The molecule has 162 valence electrons. The number of fused-ring (bicyclic) bond motifs is 4. The van der Waals surface area contributed by atoms with Crippen molar-refractivity contribution >= 4 is 39.2 Å². The van der Waals surface area contributed by atoms with E-state index in [0.717, 1.165) is 22.0 Å². The quantitative estimate of drug-likeness (QED) is 0.418. The summed E-state index contributed by atoms with van der Waals surface area (Å²) in [4.78, 5) is 16.3. The van der Waals surface area contributed by atoms with Crippen molar-refractivity contribution < 1.29 is 4.39 Å². The van der Waals surface area contributed by atoms with Crippen LogP contribution in [0.4, 0.5) is 4.39 Å². The summed E-state index contributed by atoms with van der Waals surface area (Å²) in [6.07, 6.45) is 5.98. The minimum atomic E-state index is -0.317. The highest BCUT2D eigenvalue weighted by Gasteiger charge is 2.15. The molecule has 0 bridgehead atoms. The normalized spacial score (nSPS) is 11.7. The molecule has 0 fully saturated rings. The van der Waals surface area contributed by atoms with Gasteiger partial charge in [0.15, 0.2) is 11.2 Å². The first kappa shape index (κ1) is 19.6. The van der Waals surface area contributed by atoms with Gasteiger partial charge in [-0.05, 0) is 53.9 Å². The van der Waals surface area contributed by atoms with E-state index in [-0.39, 0.29) is 16.9 Å². The molecular formula is C24H16ClFN6O. The summed E-state index contributed by atoms with van der Waals surface area (Å²) >= 11 is 6.14. The van der Waals surface area contributed by atoms with Crippen LogP contribution < -0.4 is 5.56 Å². The van der Waals surface area contributed by atoms with Crippen LogP contribution in [0.25, 0.3) is 38.7 Å². The lowest BCUT2D eigenvalue weighted by Crippen LogP contribution is -2.22. The molecule has 0 amide bonds.